The summed E-state index contributed by atoms with van der Waals surface area (Å²) in [5, 5.41) is 0. The molecule has 1 aromatic carbocycles. The summed E-state index contributed by atoms with van der Waals surface area (Å²) >= 11 is 0. The van der Waals surface area contributed by atoms with E-state index in [-0.39, 0.29) is 5.82 Å². The molecule has 3 rings (SSSR count). The summed E-state index contributed by atoms with van der Waals surface area (Å²) in [7, 11) is 1.55. The molecule has 2 heterocycles. The van der Waals surface area contributed by atoms with E-state index < -0.39 is 0 Å². The maximum atomic E-state index is 14.4. The van der Waals surface area contributed by atoms with Crippen LogP contribution in [0.15, 0.2) is 36.5 Å². The van der Waals surface area contributed by atoms with Gasteiger partial charge in [-0.1, -0.05) is 31.2 Å². The Labute approximate surface area is 143 Å². The van der Waals surface area contributed by atoms with Crippen molar-refractivity contribution in [2.45, 2.75) is 51.7 Å². The van der Waals surface area contributed by atoms with Crippen LogP contribution in [0, 0.1) is 5.82 Å². The molecular weight excluding hydrogens is 303 g/mol. The highest BCUT2D eigenvalue weighted by molar-refractivity contribution is 5.68. The van der Waals surface area contributed by atoms with Crippen molar-refractivity contribution < 1.29 is 9.13 Å². The van der Waals surface area contributed by atoms with E-state index in [9.17, 15) is 4.39 Å². The molecule has 1 saturated heterocycles. The molecule has 0 bridgehead atoms. The fourth-order valence-corrected chi connectivity index (χ4v) is 3.70. The maximum Gasteiger partial charge on any atom is 0.213 e. The van der Waals surface area contributed by atoms with Gasteiger partial charge in [0.2, 0.25) is 5.88 Å². The molecule has 4 heteroatoms. The van der Waals surface area contributed by atoms with E-state index in [1.807, 2.05) is 18.2 Å². The predicted molar refractivity (Wildman–Crippen MR) is 94.5 cm³/mol. The van der Waals surface area contributed by atoms with Crippen molar-refractivity contribution in [2.24, 2.45) is 0 Å². The molecule has 0 radical (unpaired) electrons. The van der Waals surface area contributed by atoms with E-state index >= 15 is 0 Å². The van der Waals surface area contributed by atoms with Gasteiger partial charge in [0.15, 0.2) is 0 Å². The van der Waals surface area contributed by atoms with Gasteiger partial charge in [-0.15, -0.1) is 0 Å². The molecule has 0 aliphatic carbocycles. The molecule has 0 saturated carbocycles. The summed E-state index contributed by atoms with van der Waals surface area (Å²) in [6.45, 7) is 5.38. The Balaban J connectivity index is 1.97. The lowest BCUT2D eigenvalue weighted by atomic mass is 9.99. The summed E-state index contributed by atoms with van der Waals surface area (Å²) in [5.41, 5.74) is 2.62. The first-order chi connectivity index (χ1) is 11.6. The van der Waals surface area contributed by atoms with Crippen molar-refractivity contribution >= 4 is 0 Å². The van der Waals surface area contributed by atoms with Gasteiger partial charge in [-0.05, 0) is 37.3 Å². The maximum absolute atomic E-state index is 14.4. The minimum absolute atomic E-state index is 0.315. The lowest BCUT2D eigenvalue weighted by Gasteiger charge is -2.28. The lowest BCUT2D eigenvalue weighted by molar-refractivity contribution is 0.190. The molecule has 1 aliphatic rings. The van der Waals surface area contributed by atoms with Crippen molar-refractivity contribution in [3.05, 3.63) is 47.9 Å². The van der Waals surface area contributed by atoms with Crippen molar-refractivity contribution in [1.82, 2.24) is 9.88 Å². The van der Waals surface area contributed by atoms with Gasteiger partial charge in [-0.25, -0.2) is 9.37 Å². The minimum atomic E-state index is -0.315. The second kappa shape index (κ2) is 7.31. The van der Waals surface area contributed by atoms with E-state index in [1.165, 1.54) is 19.0 Å². The number of nitrogens with zero attached hydrogens (tertiary/aromatic N) is 2. The van der Waals surface area contributed by atoms with Crippen LogP contribution in [-0.2, 0) is 6.54 Å². The molecule has 24 heavy (non-hydrogen) atoms. The highest BCUT2D eigenvalue weighted by atomic mass is 19.1. The van der Waals surface area contributed by atoms with E-state index in [4.69, 9.17) is 4.74 Å². The predicted octanol–water partition coefficient (Wildman–Crippen LogP) is 4.66. The number of aromatic nitrogens is 1. The summed E-state index contributed by atoms with van der Waals surface area (Å²) in [6, 6.07) is 10.9. The Hall–Kier alpha value is -1.94. The number of pyridine rings is 1. The Morgan fingerprint density at radius 3 is 2.79 bits per heavy atom. The first-order valence-electron chi connectivity index (χ1n) is 8.67. The lowest BCUT2D eigenvalue weighted by Crippen LogP contribution is -2.33. The summed E-state index contributed by atoms with van der Waals surface area (Å²) in [6.07, 6.45) is 4.87. The molecule has 128 valence electrons. The van der Waals surface area contributed by atoms with Gasteiger partial charge in [0, 0.05) is 30.3 Å². The molecule has 1 aliphatic heterocycles. The topological polar surface area (TPSA) is 25.4 Å². The summed E-state index contributed by atoms with van der Waals surface area (Å²) < 4.78 is 19.5. The Morgan fingerprint density at radius 2 is 2.04 bits per heavy atom. The highest BCUT2D eigenvalue weighted by Crippen LogP contribution is 2.33. The SMILES string of the molecule is CCC1CCC(C)N1Cc1ccccc1-c1cc(OC)ncc1F. The number of benzene rings is 1. The fraction of sp³-hybridized carbons (Fsp3) is 0.450. The first-order valence-corrected chi connectivity index (χ1v) is 8.67. The third kappa shape index (κ3) is 3.29. The molecule has 3 nitrogen and oxygen atoms in total. The van der Waals surface area contributed by atoms with Crippen LogP contribution in [0.25, 0.3) is 11.1 Å². The number of hydrogen-bond acceptors (Lipinski definition) is 3. The molecule has 1 aromatic heterocycles. The van der Waals surface area contributed by atoms with E-state index in [0.29, 0.717) is 23.5 Å². The fourth-order valence-electron chi connectivity index (χ4n) is 3.70. The summed E-state index contributed by atoms with van der Waals surface area (Å²) in [5.74, 6) is 0.118. The third-order valence-electron chi connectivity index (χ3n) is 5.12. The highest BCUT2D eigenvalue weighted by Gasteiger charge is 2.29. The third-order valence-corrected chi connectivity index (χ3v) is 5.12. The van der Waals surface area contributed by atoms with Crippen LogP contribution in [0.2, 0.25) is 0 Å². The zero-order chi connectivity index (χ0) is 17.1. The Kier molecular flexibility index (Phi) is 5.14. The zero-order valence-electron chi connectivity index (χ0n) is 14.6. The molecule has 0 N–H and O–H groups in total. The molecule has 2 unspecified atom stereocenters. The van der Waals surface area contributed by atoms with Gasteiger partial charge in [0.25, 0.3) is 0 Å². The van der Waals surface area contributed by atoms with Gasteiger partial charge in [0.1, 0.15) is 5.82 Å². The second-order valence-corrected chi connectivity index (χ2v) is 6.52. The summed E-state index contributed by atoms with van der Waals surface area (Å²) in [4.78, 5) is 6.50. The molecule has 2 aromatic rings. The van der Waals surface area contributed by atoms with Crippen molar-refractivity contribution in [2.75, 3.05) is 7.11 Å². The largest absolute Gasteiger partial charge is 0.481 e. The van der Waals surface area contributed by atoms with Crippen LogP contribution in [0.1, 0.15) is 38.7 Å². The smallest absolute Gasteiger partial charge is 0.213 e. The molecule has 2 atom stereocenters. The molecule has 0 spiro atoms. The first kappa shape index (κ1) is 16.9. The van der Waals surface area contributed by atoms with Crippen LogP contribution in [0.3, 0.4) is 0 Å². The Bertz CT molecular complexity index is 704. The monoisotopic (exact) mass is 328 g/mol. The van der Waals surface area contributed by atoms with Gasteiger partial charge < -0.3 is 4.74 Å². The van der Waals surface area contributed by atoms with E-state index in [1.54, 1.807) is 13.2 Å². The van der Waals surface area contributed by atoms with Crippen LogP contribution < -0.4 is 4.74 Å². The van der Waals surface area contributed by atoms with Crippen LogP contribution >= 0.6 is 0 Å². The number of hydrogen-bond donors (Lipinski definition) is 0. The molecule has 1 fully saturated rings. The number of halogens is 1. The van der Waals surface area contributed by atoms with E-state index in [2.05, 4.69) is 29.8 Å². The van der Waals surface area contributed by atoms with Crippen LogP contribution in [0.4, 0.5) is 4.39 Å². The standard InChI is InChI=1S/C20H25FN2O/c1-4-16-10-9-14(2)23(16)13-15-7-5-6-8-17(15)18-11-20(24-3)22-12-19(18)21/h5-8,11-12,14,16H,4,9-10,13H2,1-3H3. The minimum Gasteiger partial charge on any atom is -0.481 e. The number of rotatable bonds is 5. The zero-order valence-corrected chi connectivity index (χ0v) is 14.6. The average molecular weight is 328 g/mol. The van der Waals surface area contributed by atoms with Gasteiger partial charge in [0.05, 0.1) is 13.3 Å². The van der Waals surface area contributed by atoms with Crippen molar-refractivity contribution in [3.8, 4) is 17.0 Å². The molecular formula is C20H25FN2O. The van der Waals surface area contributed by atoms with Gasteiger partial charge in [-0.2, -0.15) is 0 Å². The number of likely N-dealkylation sites (tertiary alicyclic amines) is 1. The second-order valence-electron chi connectivity index (χ2n) is 6.52. The van der Waals surface area contributed by atoms with Crippen LogP contribution in [-0.4, -0.2) is 29.1 Å². The quantitative estimate of drug-likeness (QED) is 0.798. The Morgan fingerprint density at radius 1 is 1.25 bits per heavy atom. The molecule has 0 amide bonds. The normalized spacial score (nSPS) is 21.2. The van der Waals surface area contributed by atoms with Gasteiger partial charge in [-0.3, -0.25) is 4.90 Å². The van der Waals surface area contributed by atoms with Crippen molar-refractivity contribution in [1.29, 1.82) is 0 Å². The van der Waals surface area contributed by atoms with Crippen LogP contribution in [0.5, 0.6) is 5.88 Å². The number of ether oxygens (including phenoxy) is 1. The van der Waals surface area contributed by atoms with Gasteiger partial charge >= 0.3 is 0 Å². The van der Waals surface area contributed by atoms with E-state index in [0.717, 1.165) is 24.1 Å². The van der Waals surface area contributed by atoms with Crippen molar-refractivity contribution in [3.63, 3.8) is 0 Å². The average Bonchev–Trinajstić information content (AvgIpc) is 2.96. The number of methoxy groups -OCH3 is 1.